The third-order valence-corrected chi connectivity index (χ3v) is 3.57. The van der Waals surface area contributed by atoms with E-state index in [0.29, 0.717) is 0 Å². The van der Waals surface area contributed by atoms with Crippen molar-refractivity contribution in [3.63, 3.8) is 0 Å². The Bertz CT molecular complexity index is 547. The Kier molecular flexibility index (Phi) is 3.02. The van der Waals surface area contributed by atoms with Crippen LogP contribution in [0.25, 0.3) is 10.9 Å². The highest BCUT2D eigenvalue weighted by molar-refractivity contribution is 5.78. The molecular formula is C15H18N2O. The summed E-state index contributed by atoms with van der Waals surface area (Å²) in [6, 6.07) is 12.4. The van der Waals surface area contributed by atoms with Gasteiger partial charge in [0.1, 0.15) is 0 Å². The van der Waals surface area contributed by atoms with Crippen molar-refractivity contribution >= 4 is 10.9 Å². The second kappa shape index (κ2) is 4.67. The number of ether oxygens (including phenoxy) is 1. The lowest BCUT2D eigenvalue weighted by Gasteiger charge is -2.23. The van der Waals surface area contributed by atoms with Crippen molar-refractivity contribution in [1.82, 2.24) is 10.3 Å². The van der Waals surface area contributed by atoms with Crippen LogP contribution in [0.3, 0.4) is 0 Å². The zero-order valence-electron chi connectivity index (χ0n) is 10.6. The van der Waals surface area contributed by atoms with Crippen LogP contribution in [-0.4, -0.2) is 23.7 Å². The minimum absolute atomic E-state index is 0.104. The van der Waals surface area contributed by atoms with Crippen molar-refractivity contribution < 1.29 is 4.74 Å². The Morgan fingerprint density at radius 3 is 3.00 bits per heavy atom. The third kappa shape index (κ3) is 2.37. The largest absolute Gasteiger partial charge is 0.379 e. The van der Waals surface area contributed by atoms with Crippen LogP contribution in [0.15, 0.2) is 36.4 Å². The second-order valence-electron chi connectivity index (χ2n) is 5.21. The number of rotatable bonds is 3. The molecule has 1 N–H and O–H groups in total. The lowest BCUT2D eigenvalue weighted by molar-refractivity contribution is 0.171. The van der Waals surface area contributed by atoms with Crippen LogP contribution in [0.4, 0.5) is 0 Å². The van der Waals surface area contributed by atoms with Gasteiger partial charge in [-0.3, -0.25) is 4.98 Å². The molecule has 1 aromatic heterocycles. The van der Waals surface area contributed by atoms with E-state index in [2.05, 4.69) is 41.5 Å². The van der Waals surface area contributed by atoms with Crippen LogP contribution < -0.4 is 5.32 Å². The van der Waals surface area contributed by atoms with Crippen LogP contribution in [-0.2, 0) is 11.3 Å². The van der Waals surface area contributed by atoms with Gasteiger partial charge in [-0.05, 0) is 25.5 Å². The molecule has 1 aliphatic heterocycles. The Morgan fingerprint density at radius 2 is 2.17 bits per heavy atom. The molecule has 0 spiro atoms. The number of benzene rings is 1. The van der Waals surface area contributed by atoms with E-state index in [4.69, 9.17) is 4.74 Å². The van der Waals surface area contributed by atoms with E-state index in [1.807, 2.05) is 12.1 Å². The van der Waals surface area contributed by atoms with Crippen LogP contribution in [0.2, 0.25) is 0 Å². The maximum absolute atomic E-state index is 5.44. The molecule has 3 rings (SSSR count). The van der Waals surface area contributed by atoms with Crippen molar-refractivity contribution in [3.05, 3.63) is 42.1 Å². The first-order valence-electron chi connectivity index (χ1n) is 6.43. The van der Waals surface area contributed by atoms with E-state index in [9.17, 15) is 0 Å². The molecule has 3 heteroatoms. The van der Waals surface area contributed by atoms with Crippen LogP contribution >= 0.6 is 0 Å². The molecule has 94 valence electrons. The highest BCUT2D eigenvalue weighted by Crippen LogP contribution is 2.18. The minimum Gasteiger partial charge on any atom is -0.379 e. The normalized spacial score (nSPS) is 23.6. The molecular weight excluding hydrogens is 224 g/mol. The molecule has 3 nitrogen and oxygen atoms in total. The topological polar surface area (TPSA) is 34.2 Å². The van der Waals surface area contributed by atoms with Gasteiger partial charge in [-0.25, -0.2) is 0 Å². The summed E-state index contributed by atoms with van der Waals surface area (Å²) in [6.07, 6.45) is 1.07. The zero-order chi connectivity index (χ0) is 12.4. The highest BCUT2D eigenvalue weighted by Gasteiger charge is 2.28. The number of nitrogens with one attached hydrogen (secondary N) is 1. The van der Waals surface area contributed by atoms with E-state index >= 15 is 0 Å². The number of hydrogen-bond acceptors (Lipinski definition) is 3. The SMILES string of the molecule is CC1(NCc2ccc3ccccc3n2)CCOC1. The van der Waals surface area contributed by atoms with Gasteiger partial charge in [-0.15, -0.1) is 0 Å². The Morgan fingerprint density at radius 1 is 1.28 bits per heavy atom. The van der Waals surface area contributed by atoms with Gasteiger partial charge in [0.15, 0.2) is 0 Å². The molecule has 1 atom stereocenters. The fourth-order valence-corrected chi connectivity index (χ4v) is 2.32. The predicted molar refractivity (Wildman–Crippen MR) is 72.4 cm³/mol. The van der Waals surface area contributed by atoms with Crippen molar-refractivity contribution in [2.45, 2.75) is 25.4 Å². The van der Waals surface area contributed by atoms with Gasteiger partial charge in [-0.2, -0.15) is 0 Å². The van der Waals surface area contributed by atoms with Gasteiger partial charge in [0.2, 0.25) is 0 Å². The van der Waals surface area contributed by atoms with Crippen LogP contribution in [0, 0.1) is 0 Å². The first kappa shape index (κ1) is 11.6. The van der Waals surface area contributed by atoms with E-state index in [-0.39, 0.29) is 5.54 Å². The van der Waals surface area contributed by atoms with Gasteiger partial charge in [0, 0.05) is 24.1 Å². The molecule has 0 aliphatic carbocycles. The summed E-state index contributed by atoms with van der Waals surface area (Å²) in [6.45, 7) is 4.65. The molecule has 18 heavy (non-hydrogen) atoms. The van der Waals surface area contributed by atoms with Crippen LogP contribution in [0.1, 0.15) is 19.0 Å². The first-order chi connectivity index (χ1) is 8.75. The number of pyridine rings is 1. The highest BCUT2D eigenvalue weighted by atomic mass is 16.5. The monoisotopic (exact) mass is 242 g/mol. The standard InChI is InChI=1S/C15H18N2O/c1-15(8-9-18-11-15)16-10-13-7-6-12-4-2-3-5-14(12)17-13/h2-7,16H,8-11H2,1H3. The molecule has 1 aliphatic rings. The summed E-state index contributed by atoms with van der Waals surface area (Å²) in [7, 11) is 0. The summed E-state index contributed by atoms with van der Waals surface area (Å²) in [5.74, 6) is 0. The molecule has 0 saturated carbocycles. The smallest absolute Gasteiger partial charge is 0.0705 e. The van der Waals surface area contributed by atoms with Crippen molar-refractivity contribution in [3.8, 4) is 0 Å². The molecule has 2 aromatic rings. The molecule has 2 heterocycles. The average Bonchev–Trinajstić information content (AvgIpc) is 2.84. The minimum atomic E-state index is 0.104. The Balaban J connectivity index is 1.74. The quantitative estimate of drug-likeness (QED) is 0.898. The lowest BCUT2D eigenvalue weighted by Crippen LogP contribution is -2.42. The second-order valence-corrected chi connectivity index (χ2v) is 5.21. The van der Waals surface area contributed by atoms with E-state index in [1.54, 1.807) is 0 Å². The Labute approximate surface area is 107 Å². The van der Waals surface area contributed by atoms with E-state index in [1.165, 1.54) is 5.39 Å². The average molecular weight is 242 g/mol. The van der Waals surface area contributed by atoms with Gasteiger partial charge in [0.05, 0.1) is 17.8 Å². The summed E-state index contributed by atoms with van der Waals surface area (Å²) in [5, 5.41) is 4.74. The van der Waals surface area contributed by atoms with Gasteiger partial charge in [-0.1, -0.05) is 24.3 Å². The number of aromatic nitrogens is 1. The van der Waals surface area contributed by atoms with Gasteiger partial charge in [0.25, 0.3) is 0 Å². The summed E-state index contributed by atoms with van der Waals surface area (Å²) in [5.41, 5.74) is 2.25. The fourth-order valence-electron chi connectivity index (χ4n) is 2.32. The summed E-state index contributed by atoms with van der Waals surface area (Å²) >= 11 is 0. The number of hydrogen-bond donors (Lipinski definition) is 1. The number of nitrogens with zero attached hydrogens (tertiary/aromatic N) is 1. The zero-order valence-corrected chi connectivity index (χ0v) is 10.6. The first-order valence-corrected chi connectivity index (χ1v) is 6.43. The fraction of sp³-hybridized carbons (Fsp3) is 0.400. The molecule has 0 bridgehead atoms. The van der Waals surface area contributed by atoms with Crippen LogP contribution in [0.5, 0.6) is 0 Å². The van der Waals surface area contributed by atoms with Crippen molar-refractivity contribution in [2.24, 2.45) is 0 Å². The van der Waals surface area contributed by atoms with Crippen molar-refractivity contribution in [2.75, 3.05) is 13.2 Å². The summed E-state index contributed by atoms with van der Waals surface area (Å²) in [4.78, 5) is 4.66. The Hall–Kier alpha value is -1.45. The van der Waals surface area contributed by atoms with E-state index in [0.717, 1.165) is 37.4 Å². The van der Waals surface area contributed by atoms with Gasteiger partial charge >= 0.3 is 0 Å². The molecule has 1 unspecified atom stereocenters. The molecule has 1 saturated heterocycles. The summed E-state index contributed by atoms with van der Waals surface area (Å²) < 4.78 is 5.44. The maximum atomic E-state index is 5.44. The molecule has 0 amide bonds. The van der Waals surface area contributed by atoms with E-state index < -0.39 is 0 Å². The molecule has 1 aromatic carbocycles. The lowest BCUT2D eigenvalue weighted by atomic mass is 10.0. The number of fused-ring (bicyclic) bond motifs is 1. The molecule has 1 fully saturated rings. The maximum Gasteiger partial charge on any atom is 0.0705 e. The van der Waals surface area contributed by atoms with Crippen molar-refractivity contribution in [1.29, 1.82) is 0 Å². The third-order valence-electron chi connectivity index (χ3n) is 3.57. The number of para-hydroxylation sites is 1. The predicted octanol–water partition coefficient (Wildman–Crippen LogP) is 2.50. The van der Waals surface area contributed by atoms with Gasteiger partial charge < -0.3 is 10.1 Å². The molecule has 0 radical (unpaired) electrons.